The summed E-state index contributed by atoms with van der Waals surface area (Å²) >= 11 is 8.13. The van der Waals surface area contributed by atoms with E-state index in [2.05, 4.69) is 11.4 Å². The molecule has 0 aliphatic rings. The van der Waals surface area contributed by atoms with Crippen LogP contribution in [-0.4, -0.2) is 29.8 Å². The molecule has 0 spiro atoms. The molecule has 5 nitrogen and oxygen atoms in total. The van der Waals surface area contributed by atoms with Crippen LogP contribution in [0.4, 0.5) is 5.00 Å². The van der Waals surface area contributed by atoms with Gasteiger partial charge in [0.25, 0.3) is 11.8 Å². The zero-order chi connectivity index (χ0) is 17.9. The molecule has 0 radical (unpaired) electrons. The Morgan fingerprint density at radius 2 is 1.96 bits per heavy atom. The molecule has 0 bridgehead atoms. The van der Waals surface area contributed by atoms with Crippen LogP contribution in [0.25, 0.3) is 0 Å². The molecular weight excluding hydrogens is 366 g/mol. The van der Waals surface area contributed by atoms with Gasteiger partial charge in [0.1, 0.15) is 11.1 Å². The number of anilines is 1. The number of rotatable bonds is 5. The van der Waals surface area contributed by atoms with E-state index >= 15 is 0 Å². The minimum atomic E-state index is -0.341. The van der Waals surface area contributed by atoms with Crippen LogP contribution in [0, 0.1) is 18.3 Å². The minimum Gasteiger partial charge on any atom is -0.338 e. The van der Waals surface area contributed by atoms with Crippen molar-refractivity contribution in [2.75, 3.05) is 18.4 Å². The molecule has 0 atom stereocenters. The maximum atomic E-state index is 12.6. The first-order valence-corrected chi connectivity index (χ1v) is 9.33. The molecule has 126 valence electrons. The summed E-state index contributed by atoms with van der Waals surface area (Å²) in [5.41, 5.74) is 0.922. The van der Waals surface area contributed by atoms with Crippen LogP contribution < -0.4 is 5.32 Å². The monoisotopic (exact) mass is 381 g/mol. The molecule has 0 fully saturated rings. The van der Waals surface area contributed by atoms with Crippen LogP contribution in [0.1, 0.15) is 44.3 Å². The third kappa shape index (κ3) is 3.61. The first-order chi connectivity index (χ1) is 11.4. The van der Waals surface area contributed by atoms with E-state index in [1.807, 2.05) is 13.8 Å². The van der Waals surface area contributed by atoms with Gasteiger partial charge in [0.05, 0.1) is 19.7 Å². The Morgan fingerprint density at radius 3 is 2.46 bits per heavy atom. The predicted octanol–water partition coefficient (Wildman–Crippen LogP) is 4.38. The Balaban J connectivity index is 2.34. The second-order valence-electron chi connectivity index (χ2n) is 4.91. The standard InChI is InChI=1S/C16H16ClN3O2S2/c1-4-20(5-2)16(22)13-9(3)10(8-18)15(24-13)19-14(21)11-6-7-12(17)23-11/h6-7H,4-5H2,1-3H3,(H,19,21). The van der Waals surface area contributed by atoms with Gasteiger partial charge in [-0.05, 0) is 38.5 Å². The van der Waals surface area contributed by atoms with Gasteiger partial charge in [-0.25, -0.2) is 0 Å². The fourth-order valence-corrected chi connectivity index (χ4v) is 4.25. The van der Waals surface area contributed by atoms with E-state index in [9.17, 15) is 14.9 Å². The average Bonchev–Trinajstić information content (AvgIpc) is 3.12. The van der Waals surface area contributed by atoms with Crippen LogP contribution >= 0.6 is 34.3 Å². The summed E-state index contributed by atoms with van der Waals surface area (Å²) in [6.45, 7) is 6.70. The van der Waals surface area contributed by atoms with Crippen LogP contribution in [0.3, 0.4) is 0 Å². The van der Waals surface area contributed by atoms with Crippen LogP contribution in [0.5, 0.6) is 0 Å². The highest BCUT2D eigenvalue weighted by atomic mass is 35.5. The van der Waals surface area contributed by atoms with Crippen molar-refractivity contribution in [2.24, 2.45) is 0 Å². The summed E-state index contributed by atoms with van der Waals surface area (Å²) in [7, 11) is 0. The Bertz CT molecular complexity index is 816. The number of nitrogens with one attached hydrogen (secondary N) is 1. The van der Waals surface area contributed by atoms with Gasteiger partial charge in [0, 0.05) is 13.1 Å². The smallest absolute Gasteiger partial charge is 0.266 e. The summed E-state index contributed by atoms with van der Waals surface area (Å²) in [5, 5.41) is 12.5. The average molecular weight is 382 g/mol. The maximum Gasteiger partial charge on any atom is 0.266 e. The molecule has 0 saturated heterocycles. The zero-order valence-corrected chi connectivity index (χ0v) is 15.9. The maximum absolute atomic E-state index is 12.6. The van der Waals surface area contributed by atoms with Crippen molar-refractivity contribution in [2.45, 2.75) is 20.8 Å². The van der Waals surface area contributed by atoms with Gasteiger partial charge in [-0.3, -0.25) is 9.59 Å². The fourth-order valence-electron chi connectivity index (χ4n) is 2.20. The number of nitrogens with zero attached hydrogens (tertiary/aromatic N) is 2. The summed E-state index contributed by atoms with van der Waals surface area (Å²) in [5.74, 6) is -0.467. The normalized spacial score (nSPS) is 10.3. The molecule has 1 N–H and O–H groups in total. The quantitative estimate of drug-likeness (QED) is 0.835. The lowest BCUT2D eigenvalue weighted by Crippen LogP contribution is -2.30. The Hall–Kier alpha value is -1.88. The van der Waals surface area contributed by atoms with Crippen molar-refractivity contribution in [3.8, 4) is 6.07 Å². The van der Waals surface area contributed by atoms with E-state index < -0.39 is 0 Å². The van der Waals surface area contributed by atoms with Crippen molar-refractivity contribution in [3.63, 3.8) is 0 Å². The van der Waals surface area contributed by atoms with Crippen LogP contribution in [-0.2, 0) is 0 Å². The number of carbonyl (C=O) groups is 2. The minimum absolute atomic E-state index is 0.126. The molecule has 2 heterocycles. The lowest BCUT2D eigenvalue weighted by atomic mass is 10.1. The second kappa shape index (κ2) is 7.79. The van der Waals surface area contributed by atoms with Gasteiger partial charge >= 0.3 is 0 Å². The van der Waals surface area contributed by atoms with E-state index in [1.54, 1.807) is 24.0 Å². The molecule has 2 aromatic rings. The number of halogens is 1. The van der Waals surface area contributed by atoms with Crippen molar-refractivity contribution in [1.29, 1.82) is 5.26 Å². The van der Waals surface area contributed by atoms with Crippen LogP contribution in [0.2, 0.25) is 4.34 Å². The van der Waals surface area contributed by atoms with Gasteiger partial charge in [-0.2, -0.15) is 5.26 Å². The molecule has 0 aliphatic carbocycles. The topological polar surface area (TPSA) is 73.2 Å². The van der Waals surface area contributed by atoms with Crippen molar-refractivity contribution >= 4 is 51.1 Å². The van der Waals surface area contributed by atoms with Crippen molar-refractivity contribution < 1.29 is 9.59 Å². The number of hydrogen-bond acceptors (Lipinski definition) is 5. The Labute approximate surface area is 153 Å². The number of thiophene rings is 2. The number of hydrogen-bond donors (Lipinski definition) is 1. The summed E-state index contributed by atoms with van der Waals surface area (Å²) in [6, 6.07) is 5.34. The van der Waals surface area contributed by atoms with Crippen molar-refractivity contribution in [1.82, 2.24) is 4.90 Å². The highest BCUT2D eigenvalue weighted by molar-refractivity contribution is 7.19. The number of carbonyl (C=O) groups excluding carboxylic acids is 2. The predicted molar refractivity (Wildman–Crippen MR) is 98.3 cm³/mol. The fraction of sp³-hybridized carbons (Fsp3) is 0.312. The van der Waals surface area contributed by atoms with Crippen molar-refractivity contribution in [3.05, 3.63) is 37.4 Å². The van der Waals surface area contributed by atoms with Crippen LogP contribution in [0.15, 0.2) is 12.1 Å². The summed E-state index contributed by atoms with van der Waals surface area (Å²) in [6.07, 6.45) is 0. The lowest BCUT2D eigenvalue weighted by molar-refractivity contribution is 0.0777. The first-order valence-electron chi connectivity index (χ1n) is 7.32. The van der Waals surface area contributed by atoms with Gasteiger partial charge < -0.3 is 10.2 Å². The van der Waals surface area contributed by atoms with E-state index in [1.165, 1.54) is 0 Å². The summed E-state index contributed by atoms with van der Waals surface area (Å²) in [4.78, 5) is 27.5. The van der Waals surface area contributed by atoms with Gasteiger partial charge in [0.15, 0.2) is 0 Å². The van der Waals surface area contributed by atoms with Gasteiger partial charge in [0.2, 0.25) is 0 Å². The third-order valence-corrected chi connectivity index (χ3v) is 5.95. The van der Waals surface area contributed by atoms with E-state index in [-0.39, 0.29) is 11.8 Å². The third-order valence-electron chi connectivity index (χ3n) is 3.53. The first kappa shape index (κ1) is 18.5. The Kier molecular flexibility index (Phi) is 5.99. The molecule has 0 saturated carbocycles. The molecule has 0 unspecified atom stereocenters. The van der Waals surface area contributed by atoms with E-state index in [0.717, 1.165) is 22.7 Å². The molecule has 24 heavy (non-hydrogen) atoms. The molecule has 0 aromatic carbocycles. The second-order valence-corrected chi connectivity index (χ2v) is 7.64. The molecule has 2 aromatic heterocycles. The molecule has 2 amide bonds. The van der Waals surface area contributed by atoms with E-state index in [4.69, 9.17) is 11.6 Å². The zero-order valence-electron chi connectivity index (χ0n) is 13.5. The lowest BCUT2D eigenvalue weighted by Gasteiger charge is -2.17. The highest BCUT2D eigenvalue weighted by Gasteiger charge is 2.24. The van der Waals surface area contributed by atoms with Gasteiger partial charge in [-0.1, -0.05) is 11.6 Å². The Morgan fingerprint density at radius 1 is 1.29 bits per heavy atom. The van der Waals surface area contributed by atoms with E-state index in [0.29, 0.717) is 43.3 Å². The largest absolute Gasteiger partial charge is 0.338 e. The SMILES string of the molecule is CCN(CC)C(=O)c1sc(NC(=O)c2ccc(Cl)s2)c(C#N)c1C. The summed E-state index contributed by atoms with van der Waals surface area (Å²) < 4.78 is 0.514. The number of amides is 2. The van der Waals surface area contributed by atoms with Gasteiger partial charge in [-0.15, -0.1) is 22.7 Å². The molecule has 2 rings (SSSR count). The molecular formula is C16H16ClN3O2S2. The number of nitriles is 1. The molecule has 0 aliphatic heterocycles. The molecule has 8 heteroatoms. The highest BCUT2D eigenvalue weighted by Crippen LogP contribution is 2.34.